The molecule has 0 aromatic carbocycles. The van der Waals surface area contributed by atoms with E-state index < -0.39 is 16.8 Å². The van der Waals surface area contributed by atoms with Crippen molar-refractivity contribution in [2.75, 3.05) is 0 Å². The number of aromatic amines is 1. The maximum Gasteiger partial charge on any atom is 0.317 e. The lowest BCUT2D eigenvalue weighted by Gasteiger charge is -2.15. The number of hydrogen-bond donors (Lipinski definition) is 2. The first-order valence-corrected chi connectivity index (χ1v) is 7.21. The second-order valence-corrected chi connectivity index (χ2v) is 5.81. The highest BCUT2D eigenvalue weighted by molar-refractivity contribution is 8.00. The van der Waals surface area contributed by atoms with E-state index in [4.69, 9.17) is 10.4 Å². The second-order valence-electron chi connectivity index (χ2n) is 4.68. The van der Waals surface area contributed by atoms with Crippen molar-refractivity contribution in [2.45, 2.75) is 44.0 Å². The molecule has 1 rings (SSSR count). The molecule has 1 aromatic rings. The number of carboxylic acid groups (broad SMARTS) is 1. The molecule has 7 heteroatoms. The Morgan fingerprint density at radius 1 is 1.55 bits per heavy atom. The first-order chi connectivity index (χ1) is 9.40. The molecule has 1 aromatic heterocycles. The molecule has 0 aliphatic carbocycles. The van der Waals surface area contributed by atoms with Crippen LogP contribution in [0.4, 0.5) is 0 Å². The molecule has 0 saturated heterocycles. The molecular formula is C13H17N3O3S. The highest BCUT2D eigenvalue weighted by atomic mass is 32.2. The Balaban J connectivity index is 3.17. The SMILES string of the molecule is CCCc1nc(SC(C(=O)O)C(C)C)[nH]c(=O)c1C#N. The van der Waals surface area contributed by atoms with E-state index in [2.05, 4.69) is 9.97 Å². The molecule has 20 heavy (non-hydrogen) atoms. The standard InChI is InChI=1S/C13H17N3O3S/c1-4-5-9-8(6-14)11(17)16-13(15-9)20-10(7(2)3)12(18)19/h7,10H,4-5H2,1-3H3,(H,18,19)(H,15,16,17). The Hall–Kier alpha value is -1.81. The normalized spacial score (nSPS) is 12.2. The summed E-state index contributed by atoms with van der Waals surface area (Å²) in [6, 6.07) is 1.84. The van der Waals surface area contributed by atoms with Crippen LogP contribution in [-0.2, 0) is 11.2 Å². The number of carboxylic acids is 1. The summed E-state index contributed by atoms with van der Waals surface area (Å²) in [7, 11) is 0. The first kappa shape index (κ1) is 16.2. The number of carbonyl (C=O) groups is 1. The van der Waals surface area contributed by atoms with Gasteiger partial charge in [0, 0.05) is 0 Å². The number of aromatic nitrogens is 2. The molecule has 0 spiro atoms. The minimum atomic E-state index is -0.950. The quantitative estimate of drug-likeness (QED) is 0.612. The fourth-order valence-corrected chi connectivity index (χ4v) is 2.61. The van der Waals surface area contributed by atoms with Crippen LogP contribution in [-0.4, -0.2) is 26.3 Å². The average Bonchev–Trinajstić information content (AvgIpc) is 2.35. The van der Waals surface area contributed by atoms with Crippen LogP contribution in [0.25, 0.3) is 0 Å². The molecule has 0 amide bonds. The zero-order chi connectivity index (χ0) is 15.3. The lowest BCUT2D eigenvalue weighted by atomic mass is 10.1. The van der Waals surface area contributed by atoms with E-state index in [-0.39, 0.29) is 16.6 Å². The third-order valence-electron chi connectivity index (χ3n) is 2.66. The third-order valence-corrected chi connectivity index (χ3v) is 4.08. The van der Waals surface area contributed by atoms with Crippen LogP contribution in [0.3, 0.4) is 0 Å². The number of aliphatic carboxylic acids is 1. The van der Waals surface area contributed by atoms with Crippen LogP contribution >= 0.6 is 11.8 Å². The predicted octanol–water partition coefficient (Wildman–Crippen LogP) is 1.80. The van der Waals surface area contributed by atoms with Crippen molar-refractivity contribution in [2.24, 2.45) is 5.92 Å². The van der Waals surface area contributed by atoms with Gasteiger partial charge in [-0.1, -0.05) is 39.0 Å². The number of thioether (sulfide) groups is 1. The van der Waals surface area contributed by atoms with Gasteiger partial charge >= 0.3 is 5.97 Å². The number of hydrogen-bond acceptors (Lipinski definition) is 5. The van der Waals surface area contributed by atoms with Gasteiger partial charge in [-0.15, -0.1) is 0 Å². The van der Waals surface area contributed by atoms with Gasteiger partial charge in [0.05, 0.1) is 5.69 Å². The number of nitrogens with one attached hydrogen (secondary N) is 1. The van der Waals surface area contributed by atoms with Crippen molar-refractivity contribution in [1.82, 2.24) is 9.97 Å². The highest BCUT2D eigenvalue weighted by Gasteiger charge is 2.24. The molecule has 1 heterocycles. The zero-order valence-electron chi connectivity index (χ0n) is 11.6. The van der Waals surface area contributed by atoms with Gasteiger partial charge in [-0.25, -0.2) is 4.98 Å². The molecule has 0 aliphatic rings. The van der Waals surface area contributed by atoms with Crippen LogP contribution < -0.4 is 5.56 Å². The van der Waals surface area contributed by atoms with Crippen molar-refractivity contribution in [3.63, 3.8) is 0 Å². The van der Waals surface area contributed by atoms with Gasteiger partial charge in [-0.3, -0.25) is 9.59 Å². The van der Waals surface area contributed by atoms with E-state index in [1.165, 1.54) is 0 Å². The summed E-state index contributed by atoms with van der Waals surface area (Å²) in [6.45, 7) is 5.51. The monoisotopic (exact) mass is 295 g/mol. The van der Waals surface area contributed by atoms with Crippen LogP contribution in [0.15, 0.2) is 9.95 Å². The Kier molecular flexibility index (Phi) is 5.77. The molecule has 0 saturated carbocycles. The van der Waals surface area contributed by atoms with E-state index in [0.29, 0.717) is 12.1 Å². The van der Waals surface area contributed by atoms with Crippen molar-refractivity contribution < 1.29 is 9.90 Å². The van der Waals surface area contributed by atoms with Gasteiger partial charge in [-0.05, 0) is 12.3 Å². The Bertz CT molecular complexity index is 590. The number of nitrogens with zero attached hydrogens (tertiary/aromatic N) is 2. The summed E-state index contributed by atoms with van der Waals surface area (Å²) in [5.41, 5.74) is -0.0805. The molecule has 0 fully saturated rings. The minimum absolute atomic E-state index is 0.00706. The fraction of sp³-hybridized carbons (Fsp3) is 0.538. The molecule has 1 unspecified atom stereocenters. The molecule has 1 atom stereocenters. The van der Waals surface area contributed by atoms with E-state index >= 15 is 0 Å². The maximum atomic E-state index is 11.8. The highest BCUT2D eigenvalue weighted by Crippen LogP contribution is 2.25. The van der Waals surface area contributed by atoms with E-state index in [1.54, 1.807) is 13.8 Å². The van der Waals surface area contributed by atoms with Gasteiger partial charge in [0.15, 0.2) is 5.16 Å². The van der Waals surface area contributed by atoms with E-state index in [0.717, 1.165) is 18.2 Å². The van der Waals surface area contributed by atoms with Crippen LogP contribution in [0.5, 0.6) is 0 Å². The first-order valence-electron chi connectivity index (χ1n) is 6.33. The predicted molar refractivity (Wildman–Crippen MR) is 75.7 cm³/mol. The summed E-state index contributed by atoms with van der Waals surface area (Å²) >= 11 is 1.00. The summed E-state index contributed by atoms with van der Waals surface area (Å²) in [5, 5.41) is 17.7. The number of rotatable bonds is 6. The summed E-state index contributed by atoms with van der Waals surface area (Å²) in [6.07, 6.45) is 1.27. The van der Waals surface area contributed by atoms with E-state index in [1.807, 2.05) is 13.0 Å². The molecule has 2 N–H and O–H groups in total. The smallest absolute Gasteiger partial charge is 0.317 e. The van der Waals surface area contributed by atoms with E-state index in [9.17, 15) is 9.59 Å². The van der Waals surface area contributed by atoms with Crippen LogP contribution in [0.2, 0.25) is 0 Å². The molecule has 6 nitrogen and oxygen atoms in total. The third kappa shape index (κ3) is 3.84. The van der Waals surface area contributed by atoms with Crippen molar-refractivity contribution >= 4 is 17.7 Å². The Labute approximate surface area is 121 Å². The van der Waals surface area contributed by atoms with Gasteiger partial charge in [0.25, 0.3) is 5.56 Å². The largest absolute Gasteiger partial charge is 0.480 e. The number of H-pyrrole nitrogens is 1. The molecule has 108 valence electrons. The van der Waals surface area contributed by atoms with Crippen LogP contribution in [0, 0.1) is 17.2 Å². The molecular weight excluding hydrogens is 278 g/mol. The number of nitriles is 1. The van der Waals surface area contributed by atoms with Crippen molar-refractivity contribution in [3.05, 3.63) is 21.6 Å². The topological polar surface area (TPSA) is 107 Å². The number of aryl methyl sites for hydroxylation is 1. The summed E-state index contributed by atoms with van der Waals surface area (Å²) < 4.78 is 0. The van der Waals surface area contributed by atoms with Crippen LogP contribution in [0.1, 0.15) is 38.4 Å². The van der Waals surface area contributed by atoms with Gasteiger partial charge in [0.2, 0.25) is 0 Å². The second kappa shape index (κ2) is 7.10. The minimum Gasteiger partial charge on any atom is -0.480 e. The maximum absolute atomic E-state index is 11.8. The summed E-state index contributed by atoms with van der Waals surface area (Å²) in [5.74, 6) is -1.05. The molecule has 0 bridgehead atoms. The van der Waals surface area contributed by atoms with Gasteiger partial charge < -0.3 is 10.1 Å². The van der Waals surface area contributed by atoms with Crippen molar-refractivity contribution in [3.8, 4) is 6.07 Å². The summed E-state index contributed by atoms with van der Waals surface area (Å²) in [4.78, 5) is 29.7. The fourth-order valence-electron chi connectivity index (χ4n) is 1.68. The van der Waals surface area contributed by atoms with Gasteiger partial charge in [-0.2, -0.15) is 5.26 Å². The lowest BCUT2D eigenvalue weighted by molar-refractivity contribution is -0.137. The Morgan fingerprint density at radius 2 is 2.20 bits per heavy atom. The zero-order valence-corrected chi connectivity index (χ0v) is 12.5. The van der Waals surface area contributed by atoms with Gasteiger partial charge in [0.1, 0.15) is 16.9 Å². The lowest BCUT2D eigenvalue weighted by Crippen LogP contribution is -2.24. The Morgan fingerprint density at radius 3 is 2.65 bits per heavy atom. The molecule has 0 radical (unpaired) electrons. The average molecular weight is 295 g/mol. The van der Waals surface area contributed by atoms with Crippen molar-refractivity contribution in [1.29, 1.82) is 5.26 Å². The molecule has 0 aliphatic heterocycles.